The van der Waals surface area contributed by atoms with Crippen molar-refractivity contribution < 1.29 is 42.3 Å². The molecule has 276 valence electrons. The van der Waals surface area contributed by atoms with Crippen molar-refractivity contribution in [3.8, 4) is 11.3 Å². The Morgan fingerprint density at radius 3 is 2.31 bits per heavy atom. The number of rotatable bonds is 8. The van der Waals surface area contributed by atoms with Crippen LogP contribution in [0.25, 0.3) is 11.3 Å². The topological polar surface area (TPSA) is 184 Å². The van der Waals surface area contributed by atoms with Gasteiger partial charge in [-0.25, -0.2) is 4.98 Å². The van der Waals surface area contributed by atoms with E-state index in [1.165, 1.54) is 29.8 Å². The number of piperidine rings is 1. The minimum Gasteiger partial charge on any atom is -0.483 e. The predicted octanol–water partition coefficient (Wildman–Crippen LogP) is 2.72. The third-order valence-electron chi connectivity index (χ3n) is 8.28. The number of benzene rings is 1. The van der Waals surface area contributed by atoms with E-state index in [4.69, 9.17) is 21.5 Å². The fourth-order valence-corrected chi connectivity index (χ4v) is 6.13. The zero-order chi connectivity index (χ0) is 37.5. The van der Waals surface area contributed by atoms with Gasteiger partial charge < -0.3 is 35.4 Å². The summed E-state index contributed by atoms with van der Waals surface area (Å²) in [7, 11) is 1.38. The number of halogens is 4. The molecule has 0 bridgehead atoms. The van der Waals surface area contributed by atoms with Gasteiger partial charge in [0.05, 0.1) is 28.0 Å². The summed E-state index contributed by atoms with van der Waals surface area (Å²) in [5, 5.41) is 19.0. The maximum Gasteiger partial charge on any atom is 0.435 e. The maximum absolute atomic E-state index is 13.9. The molecule has 2 aliphatic rings. The van der Waals surface area contributed by atoms with Gasteiger partial charge in [0.2, 0.25) is 11.8 Å². The molecular formula is C32H39ClF3N9O6. The summed E-state index contributed by atoms with van der Waals surface area (Å²) in [6, 6.07) is 4.17. The van der Waals surface area contributed by atoms with Crippen LogP contribution in [0.2, 0.25) is 5.02 Å². The number of piperazine rings is 1. The number of nitrogens with one attached hydrogen (secondary N) is 3. The minimum absolute atomic E-state index is 0.00791. The van der Waals surface area contributed by atoms with Crippen LogP contribution >= 0.6 is 11.6 Å². The number of carbonyl (C=O) groups excluding carboxylic acids is 4. The number of aromatic nitrogens is 4. The van der Waals surface area contributed by atoms with Gasteiger partial charge in [-0.2, -0.15) is 18.3 Å². The van der Waals surface area contributed by atoms with Gasteiger partial charge in [-0.05, 0) is 58.0 Å². The lowest BCUT2D eigenvalue weighted by Gasteiger charge is -2.37. The van der Waals surface area contributed by atoms with Crippen molar-refractivity contribution in [1.29, 1.82) is 0 Å². The molecule has 51 heavy (non-hydrogen) atoms. The van der Waals surface area contributed by atoms with Crippen molar-refractivity contribution in [1.82, 2.24) is 39.8 Å². The number of carbonyl (C=O) groups is 5. The van der Waals surface area contributed by atoms with E-state index in [-0.39, 0.29) is 63.6 Å². The van der Waals surface area contributed by atoms with Crippen LogP contribution in [0.3, 0.4) is 0 Å². The average Bonchev–Trinajstić information content (AvgIpc) is 3.68. The van der Waals surface area contributed by atoms with E-state index in [1.54, 1.807) is 18.7 Å². The number of nitrogens with zero attached hydrogens (tertiary/aromatic N) is 6. The summed E-state index contributed by atoms with van der Waals surface area (Å²) in [5.74, 6) is -1.60. The number of anilines is 1. The quantitative estimate of drug-likeness (QED) is 0.253. The first kappa shape index (κ1) is 38.8. The predicted molar refractivity (Wildman–Crippen MR) is 179 cm³/mol. The van der Waals surface area contributed by atoms with Crippen molar-refractivity contribution in [2.24, 2.45) is 13.0 Å². The molecule has 3 aromatic rings. The second-order valence-corrected chi connectivity index (χ2v) is 12.6. The zero-order valence-corrected chi connectivity index (χ0v) is 28.9. The third kappa shape index (κ3) is 9.63. The Labute approximate surface area is 296 Å². The molecule has 2 aromatic heterocycles. The number of alkyl halides is 3. The van der Waals surface area contributed by atoms with Crippen LogP contribution in [0.5, 0.6) is 0 Å². The lowest BCUT2D eigenvalue weighted by molar-refractivity contribution is -0.141. The molecule has 2 aliphatic heterocycles. The number of hydrogen-bond acceptors (Lipinski definition) is 8. The summed E-state index contributed by atoms with van der Waals surface area (Å²) < 4.78 is 43.8. The highest BCUT2D eigenvalue weighted by molar-refractivity contribution is 6.34. The zero-order valence-electron chi connectivity index (χ0n) is 28.2. The number of imidazole rings is 1. The van der Waals surface area contributed by atoms with Crippen LogP contribution in [0, 0.1) is 5.92 Å². The van der Waals surface area contributed by atoms with E-state index >= 15 is 0 Å². The highest BCUT2D eigenvalue weighted by atomic mass is 35.5. The molecule has 0 aliphatic carbocycles. The summed E-state index contributed by atoms with van der Waals surface area (Å²) in [6.45, 7) is 6.02. The molecular weight excluding hydrogens is 699 g/mol. The van der Waals surface area contributed by atoms with E-state index in [2.05, 4.69) is 26.0 Å². The van der Waals surface area contributed by atoms with Crippen LogP contribution in [0.15, 0.2) is 30.6 Å². The van der Waals surface area contributed by atoms with Gasteiger partial charge in [0.15, 0.2) is 11.5 Å². The van der Waals surface area contributed by atoms with Crippen LogP contribution < -0.4 is 16.0 Å². The molecule has 0 atom stereocenters. The number of hydrogen-bond donors (Lipinski definition) is 4. The van der Waals surface area contributed by atoms with Gasteiger partial charge in [0.25, 0.3) is 18.3 Å². The third-order valence-corrected chi connectivity index (χ3v) is 8.59. The number of carboxylic acid groups (broad SMARTS) is 1. The van der Waals surface area contributed by atoms with Gasteiger partial charge in [-0.15, -0.1) is 0 Å². The van der Waals surface area contributed by atoms with Crippen LogP contribution in [0.1, 0.15) is 53.4 Å². The van der Waals surface area contributed by atoms with Crippen molar-refractivity contribution in [2.45, 2.75) is 45.5 Å². The van der Waals surface area contributed by atoms with E-state index in [1.807, 2.05) is 4.90 Å². The van der Waals surface area contributed by atoms with Gasteiger partial charge in [0.1, 0.15) is 6.54 Å². The Morgan fingerprint density at radius 2 is 1.73 bits per heavy atom. The Kier molecular flexibility index (Phi) is 12.8. The molecule has 1 aromatic carbocycles. The van der Waals surface area contributed by atoms with Crippen LogP contribution in [-0.2, 0) is 34.2 Å². The summed E-state index contributed by atoms with van der Waals surface area (Å²) in [5.41, 5.74) is -1.15. The molecule has 15 nitrogen and oxygen atoms in total. The first-order chi connectivity index (χ1) is 24.1. The smallest absolute Gasteiger partial charge is 0.435 e. The molecule has 0 saturated carbocycles. The van der Waals surface area contributed by atoms with E-state index < -0.39 is 30.2 Å². The van der Waals surface area contributed by atoms with Crippen molar-refractivity contribution in [2.75, 3.05) is 44.6 Å². The molecule has 4 heterocycles. The van der Waals surface area contributed by atoms with E-state index in [9.17, 15) is 32.3 Å². The lowest BCUT2D eigenvalue weighted by atomic mass is 9.96. The molecule has 5 rings (SSSR count). The van der Waals surface area contributed by atoms with Crippen molar-refractivity contribution in [3.05, 3.63) is 52.7 Å². The van der Waals surface area contributed by atoms with Crippen molar-refractivity contribution in [3.63, 3.8) is 0 Å². The highest BCUT2D eigenvalue weighted by Crippen LogP contribution is 2.36. The molecule has 4 amide bonds. The Morgan fingerprint density at radius 1 is 1.10 bits per heavy atom. The van der Waals surface area contributed by atoms with Gasteiger partial charge in [0, 0.05) is 57.1 Å². The average molecular weight is 738 g/mol. The fraction of sp³-hybridized carbons (Fsp3) is 0.469. The molecule has 2 fully saturated rings. The summed E-state index contributed by atoms with van der Waals surface area (Å²) in [6.07, 6.45) is -1.02. The summed E-state index contributed by atoms with van der Waals surface area (Å²) >= 11 is 6.46. The monoisotopic (exact) mass is 737 g/mol. The first-order valence-electron chi connectivity index (χ1n) is 16.1. The molecule has 2 saturated heterocycles. The van der Waals surface area contributed by atoms with Crippen LogP contribution in [0.4, 0.5) is 18.9 Å². The molecule has 4 N–H and O–H groups in total. The van der Waals surface area contributed by atoms with Gasteiger partial charge in [-0.1, -0.05) is 11.6 Å². The van der Waals surface area contributed by atoms with E-state index in [0.29, 0.717) is 26.2 Å². The summed E-state index contributed by atoms with van der Waals surface area (Å²) in [4.78, 5) is 67.3. The molecule has 0 spiro atoms. The Balaban J connectivity index is 0.00000188. The van der Waals surface area contributed by atoms with Crippen molar-refractivity contribution >= 4 is 47.4 Å². The highest BCUT2D eigenvalue weighted by Gasteiger charge is 2.39. The Bertz CT molecular complexity index is 1750. The van der Waals surface area contributed by atoms with Crippen LogP contribution in [-0.4, -0.2) is 110 Å². The van der Waals surface area contributed by atoms with Gasteiger partial charge >= 0.3 is 6.18 Å². The minimum atomic E-state index is -4.84. The maximum atomic E-state index is 13.9. The first-order valence-corrected chi connectivity index (χ1v) is 16.5. The molecule has 0 unspecified atom stereocenters. The normalized spacial score (nSPS) is 15.2. The van der Waals surface area contributed by atoms with Gasteiger partial charge in [-0.3, -0.25) is 28.7 Å². The molecule has 19 heteroatoms. The fourth-order valence-electron chi connectivity index (χ4n) is 5.87. The SMILES string of the molecule is CC(C)NC(=O)Cn1cc(-c2cnc(C(=O)Nc3ccc(C(=O)N4CCN(C(=O)C5CCNCC5)CC4)c(Cl)c3)n2C)c(C(F)(F)F)n1.O=CO. The Hall–Kier alpha value is -4.97. The molecule has 0 radical (unpaired) electrons. The standard InChI is InChI=1S/C31H37ClF3N9O4.CH2O2/c1-18(2)38-25(45)17-44-16-22(26(40-44)31(33,34)35)24-15-37-27(41(24)3)28(46)39-20-4-5-21(23(32)14-20)30(48)43-12-10-42(11-13-43)29(47)19-6-8-36-9-7-19;2-1-3/h4-5,14-16,18-19,36H,6-13,17H2,1-3H3,(H,38,45)(H,39,46);1H,(H,2,3). The second kappa shape index (κ2) is 16.8. The number of amides is 4. The second-order valence-electron chi connectivity index (χ2n) is 12.2. The van der Waals surface area contributed by atoms with E-state index in [0.717, 1.165) is 43.0 Å². The largest absolute Gasteiger partial charge is 0.483 e. The lowest BCUT2D eigenvalue weighted by Crippen LogP contribution is -2.52.